The zero-order chi connectivity index (χ0) is 12.6. The van der Waals surface area contributed by atoms with E-state index in [9.17, 15) is 0 Å². The summed E-state index contributed by atoms with van der Waals surface area (Å²) in [6.45, 7) is 10.1. The summed E-state index contributed by atoms with van der Waals surface area (Å²) >= 11 is 0. The van der Waals surface area contributed by atoms with Gasteiger partial charge in [0, 0.05) is 0 Å². The van der Waals surface area contributed by atoms with Gasteiger partial charge in [0.05, 0.1) is 5.39 Å². The van der Waals surface area contributed by atoms with Crippen LogP contribution in [0, 0.1) is 0 Å². The quantitative estimate of drug-likeness (QED) is 0.792. The van der Waals surface area contributed by atoms with Crippen molar-refractivity contribution in [2.45, 2.75) is 41.0 Å². The summed E-state index contributed by atoms with van der Waals surface area (Å²) in [7, 11) is 0. The van der Waals surface area contributed by atoms with Gasteiger partial charge in [0.15, 0.2) is 11.4 Å². The third-order valence-electron chi connectivity index (χ3n) is 1.97. The third-order valence-corrected chi connectivity index (χ3v) is 1.97. The highest BCUT2D eigenvalue weighted by Crippen LogP contribution is 2.21. The van der Waals surface area contributed by atoms with E-state index >= 15 is 0 Å². The Labute approximate surface area is 97.6 Å². The molecule has 0 aliphatic heterocycles. The van der Waals surface area contributed by atoms with Crippen LogP contribution in [-0.2, 0) is 6.42 Å². The molecule has 0 aliphatic carbocycles. The zero-order valence-electron chi connectivity index (χ0n) is 10.9. The van der Waals surface area contributed by atoms with Gasteiger partial charge in [0.1, 0.15) is 0 Å². The molecule has 0 amide bonds. The third kappa shape index (κ3) is 3.26. The Morgan fingerprint density at radius 3 is 2.38 bits per heavy atom. The van der Waals surface area contributed by atoms with Crippen molar-refractivity contribution in [3.8, 4) is 0 Å². The number of fused-ring (bicyclic) bond motifs is 1. The van der Waals surface area contributed by atoms with E-state index in [2.05, 4.69) is 12.1 Å². The van der Waals surface area contributed by atoms with Crippen LogP contribution in [0.3, 0.4) is 0 Å². The Hall–Kier alpha value is -1.51. The molecule has 1 aromatic heterocycles. The topological polar surface area (TPSA) is 52.0 Å². The molecule has 0 saturated carbocycles. The van der Waals surface area contributed by atoms with Crippen molar-refractivity contribution in [2.24, 2.45) is 0 Å². The molecule has 0 saturated heterocycles. The van der Waals surface area contributed by atoms with Crippen molar-refractivity contribution in [2.75, 3.05) is 5.73 Å². The monoisotopic (exact) mass is 222 g/mol. The highest BCUT2D eigenvalue weighted by molar-refractivity contribution is 5.87. The molecule has 1 aromatic carbocycles. The summed E-state index contributed by atoms with van der Waals surface area (Å²) in [4.78, 5) is 0. The Balaban J connectivity index is 0.000000509. The number of nitrogen functional groups attached to an aromatic ring is 1. The van der Waals surface area contributed by atoms with Gasteiger partial charge in [-0.1, -0.05) is 45.8 Å². The predicted octanol–water partition coefficient (Wildman–Crippen LogP) is 4.02. The lowest BCUT2D eigenvalue weighted by atomic mass is 10.1. The van der Waals surface area contributed by atoms with E-state index in [1.54, 1.807) is 0 Å². The Morgan fingerprint density at radius 2 is 1.81 bits per heavy atom. The van der Waals surface area contributed by atoms with Crippen LogP contribution in [0.4, 0.5) is 5.82 Å². The lowest BCUT2D eigenvalue weighted by molar-refractivity contribution is 0.460. The van der Waals surface area contributed by atoms with Gasteiger partial charge >= 0.3 is 0 Å². The Kier molecular flexibility index (Phi) is 7.01. The molecule has 2 rings (SSSR count). The zero-order valence-corrected chi connectivity index (χ0v) is 10.9. The van der Waals surface area contributed by atoms with Crippen LogP contribution in [0.15, 0.2) is 22.7 Å². The Morgan fingerprint density at radius 1 is 1.19 bits per heavy atom. The van der Waals surface area contributed by atoms with E-state index in [-0.39, 0.29) is 0 Å². The molecule has 2 aromatic rings. The summed E-state index contributed by atoms with van der Waals surface area (Å²) < 4.78 is 5.02. The normalized spacial score (nSPS) is 8.81. The molecule has 16 heavy (non-hydrogen) atoms. The molecule has 3 heteroatoms. The lowest BCUT2D eigenvalue weighted by Crippen LogP contribution is -1.83. The van der Waals surface area contributed by atoms with Crippen molar-refractivity contribution >= 4 is 16.8 Å². The summed E-state index contributed by atoms with van der Waals surface area (Å²) in [5.41, 5.74) is 7.57. The van der Waals surface area contributed by atoms with Gasteiger partial charge < -0.3 is 10.3 Å². The second kappa shape index (κ2) is 7.74. The molecule has 0 unspecified atom stereocenters. The predicted molar refractivity (Wildman–Crippen MR) is 70.5 cm³/mol. The first kappa shape index (κ1) is 14.5. The van der Waals surface area contributed by atoms with Crippen LogP contribution >= 0.6 is 0 Å². The summed E-state index contributed by atoms with van der Waals surface area (Å²) in [5.74, 6) is 0.465. The standard InChI is InChI=1S/C9H10N2O.2C2H6/c1-2-6-3-4-7-8(5-6)12-11-9(7)10;2*1-2/h3-5H,2H2,1H3,(H2,10,11);2*1-2H3. The number of anilines is 1. The van der Waals surface area contributed by atoms with Crippen molar-refractivity contribution < 1.29 is 4.52 Å². The smallest absolute Gasteiger partial charge is 0.174 e. The maximum Gasteiger partial charge on any atom is 0.174 e. The number of hydrogen-bond acceptors (Lipinski definition) is 3. The molecular weight excluding hydrogens is 200 g/mol. The number of rotatable bonds is 1. The fourth-order valence-corrected chi connectivity index (χ4v) is 1.22. The van der Waals surface area contributed by atoms with Crippen molar-refractivity contribution in [1.29, 1.82) is 0 Å². The number of benzene rings is 1. The van der Waals surface area contributed by atoms with Crippen LogP contribution in [0.5, 0.6) is 0 Å². The number of nitrogens with zero attached hydrogens (tertiary/aromatic N) is 1. The maximum absolute atomic E-state index is 5.56. The molecule has 0 radical (unpaired) electrons. The summed E-state index contributed by atoms with van der Waals surface area (Å²) in [6, 6.07) is 5.95. The first-order valence-electron chi connectivity index (χ1n) is 5.95. The van der Waals surface area contributed by atoms with E-state index in [1.807, 2.05) is 45.9 Å². The number of hydrogen-bond donors (Lipinski definition) is 1. The van der Waals surface area contributed by atoms with E-state index in [1.165, 1.54) is 5.56 Å². The largest absolute Gasteiger partial charge is 0.380 e. The van der Waals surface area contributed by atoms with Crippen LogP contribution in [0.25, 0.3) is 11.0 Å². The maximum atomic E-state index is 5.56. The van der Waals surface area contributed by atoms with Gasteiger partial charge in [-0.25, -0.2) is 0 Å². The highest BCUT2D eigenvalue weighted by Gasteiger charge is 2.03. The van der Waals surface area contributed by atoms with Crippen LogP contribution < -0.4 is 5.73 Å². The number of aromatic nitrogens is 1. The van der Waals surface area contributed by atoms with Crippen LogP contribution in [0.1, 0.15) is 40.2 Å². The van der Waals surface area contributed by atoms with E-state index in [0.29, 0.717) is 5.82 Å². The number of nitrogens with two attached hydrogens (primary N) is 1. The fourth-order valence-electron chi connectivity index (χ4n) is 1.22. The molecular formula is C13H22N2O. The minimum absolute atomic E-state index is 0.465. The summed E-state index contributed by atoms with van der Waals surface area (Å²) in [5, 5.41) is 4.57. The van der Waals surface area contributed by atoms with Gasteiger partial charge in [-0.05, 0) is 24.1 Å². The van der Waals surface area contributed by atoms with Gasteiger partial charge in [-0.2, -0.15) is 0 Å². The van der Waals surface area contributed by atoms with E-state index in [0.717, 1.165) is 17.4 Å². The average molecular weight is 222 g/mol. The number of aryl methyl sites for hydroxylation is 1. The first-order chi connectivity index (χ1) is 7.81. The van der Waals surface area contributed by atoms with Gasteiger partial charge in [0.2, 0.25) is 0 Å². The first-order valence-corrected chi connectivity index (χ1v) is 5.95. The van der Waals surface area contributed by atoms with Crippen molar-refractivity contribution in [3.63, 3.8) is 0 Å². The average Bonchev–Trinajstić information content (AvgIpc) is 2.75. The minimum atomic E-state index is 0.465. The van der Waals surface area contributed by atoms with Crippen LogP contribution in [0.2, 0.25) is 0 Å². The Bertz CT molecular complexity index is 407. The molecule has 2 N–H and O–H groups in total. The SMILES string of the molecule is CC.CC.CCc1ccc2c(N)noc2c1. The van der Waals surface area contributed by atoms with Crippen molar-refractivity contribution in [1.82, 2.24) is 5.16 Å². The lowest BCUT2D eigenvalue weighted by Gasteiger charge is -1.93. The van der Waals surface area contributed by atoms with Gasteiger partial charge in [-0.3, -0.25) is 0 Å². The second-order valence-corrected chi connectivity index (χ2v) is 2.75. The minimum Gasteiger partial charge on any atom is -0.380 e. The molecule has 0 spiro atoms. The van der Waals surface area contributed by atoms with E-state index < -0.39 is 0 Å². The summed E-state index contributed by atoms with van der Waals surface area (Å²) in [6.07, 6.45) is 0.997. The molecule has 0 bridgehead atoms. The van der Waals surface area contributed by atoms with Gasteiger partial charge in [0.25, 0.3) is 0 Å². The molecule has 3 nitrogen and oxygen atoms in total. The molecule has 0 aliphatic rings. The fraction of sp³-hybridized carbons (Fsp3) is 0.462. The van der Waals surface area contributed by atoms with Gasteiger partial charge in [-0.15, -0.1) is 0 Å². The van der Waals surface area contributed by atoms with E-state index in [4.69, 9.17) is 10.3 Å². The molecule has 90 valence electrons. The van der Waals surface area contributed by atoms with Crippen molar-refractivity contribution in [3.05, 3.63) is 23.8 Å². The molecule has 0 fully saturated rings. The van der Waals surface area contributed by atoms with Crippen LogP contribution in [-0.4, -0.2) is 5.16 Å². The highest BCUT2D eigenvalue weighted by atomic mass is 16.5. The second-order valence-electron chi connectivity index (χ2n) is 2.75. The molecule has 1 heterocycles. The molecule has 0 atom stereocenters.